The molecule has 4 heteroatoms. The van der Waals surface area contributed by atoms with E-state index in [2.05, 4.69) is 36.3 Å². The molecular formula is C14H16N2OS. The number of hydrogen-bond acceptors (Lipinski definition) is 4. The second kappa shape index (κ2) is 4.90. The number of aromatic nitrogens is 1. The van der Waals surface area contributed by atoms with Gasteiger partial charge < -0.3 is 5.32 Å². The molecule has 0 aliphatic heterocycles. The maximum atomic E-state index is 11.4. The van der Waals surface area contributed by atoms with Gasteiger partial charge in [-0.05, 0) is 31.9 Å². The zero-order chi connectivity index (χ0) is 13.3. The van der Waals surface area contributed by atoms with Gasteiger partial charge in [-0.2, -0.15) is 0 Å². The molecule has 94 valence electrons. The number of nitrogens with one attached hydrogen (secondary N) is 1. The van der Waals surface area contributed by atoms with Gasteiger partial charge in [-0.1, -0.05) is 29.5 Å². The van der Waals surface area contributed by atoms with E-state index in [1.807, 2.05) is 13.0 Å². The second-order valence-corrected chi connectivity index (χ2v) is 5.38. The summed E-state index contributed by atoms with van der Waals surface area (Å²) >= 11 is 1.41. The van der Waals surface area contributed by atoms with E-state index in [1.54, 1.807) is 6.92 Å². The molecule has 0 bridgehead atoms. The number of anilines is 2. The number of benzene rings is 1. The summed E-state index contributed by atoms with van der Waals surface area (Å²) in [7, 11) is 0. The minimum atomic E-state index is 0.0690. The first-order valence-corrected chi connectivity index (χ1v) is 6.62. The standard InChI is InChI=1S/C14H16N2OS/c1-8-6-5-7-9(2)12(8)16-14-15-10(3)13(18-14)11(4)17/h5-7H,1-4H3,(H,15,16). The van der Waals surface area contributed by atoms with Crippen LogP contribution in [-0.4, -0.2) is 10.8 Å². The summed E-state index contributed by atoms with van der Waals surface area (Å²) in [6.45, 7) is 7.55. The smallest absolute Gasteiger partial charge is 0.188 e. The zero-order valence-electron chi connectivity index (χ0n) is 11.0. The highest BCUT2D eigenvalue weighted by molar-refractivity contribution is 7.17. The van der Waals surface area contributed by atoms with E-state index in [0.717, 1.165) is 21.4 Å². The number of para-hydroxylation sites is 1. The number of hydrogen-bond donors (Lipinski definition) is 1. The lowest BCUT2D eigenvalue weighted by Crippen LogP contribution is -1.95. The molecule has 0 saturated heterocycles. The van der Waals surface area contributed by atoms with Crippen molar-refractivity contribution in [1.82, 2.24) is 4.98 Å². The zero-order valence-corrected chi connectivity index (χ0v) is 11.8. The van der Waals surface area contributed by atoms with E-state index in [9.17, 15) is 4.79 Å². The molecule has 0 atom stereocenters. The van der Waals surface area contributed by atoms with Crippen molar-refractivity contribution >= 4 is 27.9 Å². The Balaban J connectivity index is 2.35. The minimum Gasteiger partial charge on any atom is -0.331 e. The van der Waals surface area contributed by atoms with Crippen LogP contribution in [0.15, 0.2) is 18.2 Å². The molecule has 0 saturated carbocycles. The molecule has 1 aromatic heterocycles. The highest BCUT2D eigenvalue weighted by Gasteiger charge is 2.12. The molecule has 18 heavy (non-hydrogen) atoms. The number of carbonyl (C=O) groups excluding carboxylic acids is 1. The molecule has 0 radical (unpaired) electrons. The summed E-state index contributed by atoms with van der Waals surface area (Å²) in [6, 6.07) is 6.15. The van der Waals surface area contributed by atoms with E-state index in [0.29, 0.717) is 0 Å². The molecule has 1 heterocycles. The summed E-state index contributed by atoms with van der Waals surface area (Å²) in [5.74, 6) is 0.0690. The van der Waals surface area contributed by atoms with Crippen LogP contribution in [0, 0.1) is 20.8 Å². The van der Waals surface area contributed by atoms with Gasteiger partial charge >= 0.3 is 0 Å². The highest BCUT2D eigenvalue weighted by atomic mass is 32.1. The van der Waals surface area contributed by atoms with Gasteiger partial charge in [0, 0.05) is 12.6 Å². The molecule has 1 aromatic carbocycles. The van der Waals surface area contributed by atoms with Crippen LogP contribution in [0.4, 0.5) is 10.8 Å². The van der Waals surface area contributed by atoms with Crippen LogP contribution in [0.2, 0.25) is 0 Å². The predicted octanol–water partition coefficient (Wildman–Crippen LogP) is 4.01. The first-order valence-electron chi connectivity index (χ1n) is 5.80. The van der Waals surface area contributed by atoms with E-state index in [-0.39, 0.29) is 5.78 Å². The molecule has 0 spiro atoms. The van der Waals surface area contributed by atoms with Crippen LogP contribution in [-0.2, 0) is 0 Å². The number of nitrogens with zero attached hydrogens (tertiary/aromatic N) is 1. The van der Waals surface area contributed by atoms with Gasteiger partial charge in [-0.3, -0.25) is 4.79 Å². The fourth-order valence-electron chi connectivity index (χ4n) is 1.90. The van der Waals surface area contributed by atoms with Crippen molar-refractivity contribution in [3.05, 3.63) is 39.9 Å². The van der Waals surface area contributed by atoms with Crippen molar-refractivity contribution in [3.8, 4) is 0 Å². The average molecular weight is 260 g/mol. The topological polar surface area (TPSA) is 42.0 Å². The van der Waals surface area contributed by atoms with Crippen molar-refractivity contribution in [1.29, 1.82) is 0 Å². The van der Waals surface area contributed by atoms with E-state index in [1.165, 1.54) is 22.5 Å². The molecule has 0 unspecified atom stereocenters. The van der Waals surface area contributed by atoms with Crippen molar-refractivity contribution in [2.45, 2.75) is 27.7 Å². The van der Waals surface area contributed by atoms with Crippen molar-refractivity contribution < 1.29 is 4.79 Å². The number of carbonyl (C=O) groups is 1. The van der Waals surface area contributed by atoms with Gasteiger partial charge in [0.25, 0.3) is 0 Å². The summed E-state index contributed by atoms with van der Waals surface area (Å²) in [6.07, 6.45) is 0. The third-order valence-corrected chi connectivity index (χ3v) is 4.00. The van der Waals surface area contributed by atoms with E-state index < -0.39 is 0 Å². The lowest BCUT2D eigenvalue weighted by molar-refractivity contribution is 0.102. The van der Waals surface area contributed by atoms with Gasteiger partial charge in [-0.25, -0.2) is 4.98 Å². The number of aryl methyl sites for hydroxylation is 3. The van der Waals surface area contributed by atoms with Gasteiger partial charge in [0.15, 0.2) is 10.9 Å². The molecule has 2 aromatic rings. The largest absolute Gasteiger partial charge is 0.331 e. The molecule has 0 amide bonds. The monoisotopic (exact) mass is 260 g/mol. The number of thiazole rings is 1. The third kappa shape index (κ3) is 2.43. The van der Waals surface area contributed by atoms with Crippen LogP contribution in [0.3, 0.4) is 0 Å². The Kier molecular flexibility index (Phi) is 3.48. The van der Waals surface area contributed by atoms with Gasteiger partial charge in [0.1, 0.15) is 0 Å². The highest BCUT2D eigenvalue weighted by Crippen LogP contribution is 2.29. The lowest BCUT2D eigenvalue weighted by atomic mass is 10.1. The quantitative estimate of drug-likeness (QED) is 0.848. The maximum Gasteiger partial charge on any atom is 0.188 e. The summed E-state index contributed by atoms with van der Waals surface area (Å²) in [5, 5.41) is 4.08. The maximum absolute atomic E-state index is 11.4. The average Bonchev–Trinajstić information content (AvgIpc) is 2.65. The fourth-order valence-corrected chi connectivity index (χ4v) is 2.76. The Labute approximate surface area is 111 Å². The number of rotatable bonds is 3. The SMILES string of the molecule is CC(=O)c1sc(Nc2c(C)cccc2C)nc1C. The van der Waals surface area contributed by atoms with Gasteiger partial charge in [-0.15, -0.1) is 0 Å². The molecule has 1 N–H and O–H groups in total. The predicted molar refractivity (Wildman–Crippen MR) is 76.1 cm³/mol. The van der Waals surface area contributed by atoms with Gasteiger partial charge in [0.2, 0.25) is 0 Å². The number of ketones is 1. The molecule has 0 aliphatic carbocycles. The molecule has 0 aliphatic rings. The Morgan fingerprint density at radius 3 is 2.33 bits per heavy atom. The molecule has 3 nitrogen and oxygen atoms in total. The second-order valence-electron chi connectivity index (χ2n) is 4.38. The minimum absolute atomic E-state index is 0.0690. The summed E-state index contributed by atoms with van der Waals surface area (Å²) in [5.41, 5.74) is 4.21. The molecule has 0 fully saturated rings. The Bertz CT molecular complexity index is 582. The summed E-state index contributed by atoms with van der Waals surface area (Å²) < 4.78 is 0. The Morgan fingerprint density at radius 2 is 1.83 bits per heavy atom. The Hall–Kier alpha value is -1.68. The first-order chi connectivity index (χ1) is 8.49. The normalized spacial score (nSPS) is 10.4. The van der Waals surface area contributed by atoms with E-state index >= 15 is 0 Å². The van der Waals surface area contributed by atoms with E-state index in [4.69, 9.17) is 0 Å². The van der Waals surface area contributed by atoms with Crippen LogP contribution in [0.1, 0.15) is 33.4 Å². The van der Waals surface area contributed by atoms with Crippen molar-refractivity contribution in [2.75, 3.05) is 5.32 Å². The van der Waals surface area contributed by atoms with Crippen molar-refractivity contribution in [2.24, 2.45) is 0 Å². The van der Waals surface area contributed by atoms with Crippen LogP contribution in [0.25, 0.3) is 0 Å². The third-order valence-electron chi connectivity index (χ3n) is 2.83. The first kappa shape index (κ1) is 12.8. The summed E-state index contributed by atoms with van der Waals surface area (Å²) in [4.78, 5) is 16.5. The molecule has 2 rings (SSSR count). The lowest BCUT2D eigenvalue weighted by Gasteiger charge is -2.09. The number of Topliss-reactive ketones (excluding diaryl/α,β-unsaturated/α-hetero) is 1. The van der Waals surface area contributed by atoms with Crippen LogP contribution < -0.4 is 5.32 Å². The molecular weight excluding hydrogens is 244 g/mol. The van der Waals surface area contributed by atoms with Crippen LogP contribution >= 0.6 is 11.3 Å². The van der Waals surface area contributed by atoms with Crippen molar-refractivity contribution in [3.63, 3.8) is 0 Å². The Morgan fingerprint density at radius 1 is 1.22 bits per heavy atom. The van der Waals surface area contributed by atoms with Gasteiger partial charge in [0.05, 0.1) is 10.6 Å². The van der Waals surface area contributed by atoms with Crippen LogP contribution in [0.5, 0.6) is 0 Å². The fraction of sp³-hybridized carbons (Fsp3) is 0.286.